The van der Waals surface area contributed by atoms with Crippen LogP contribution in [-0.4, -0.2) is 30.6 Å². The third kappa shape index (κ3) is 4.96. The maximum Gasteiger partial charge on any atom is 0.416 e. The highest BCUT2D eigenvalue weighted by atomic mass is 35.5. The van der Waals surface area contributed by atoms with E-state index in [1.54, 1.807) is 11.0 Å². The molecule has 1 aliphatic rings. The number of rotatable bonds is 7. The zero-order valence-electron chi connectivity index (χ0n) is 16.1. The van der Waals surface area contributed by atoms with Gasteiger partial charge in [0.1, 0.15) is 0 Å². The summed E-state index contributed by atoms with van der Waals surface area (Å²) >= 11 is 6.27. The van der Waals surface area contributed by atoms with Crippen molar-refractivity contribution in [3.05, 3.63) is 58.1 Å². The number of ether oxygens (including phenoxy) is 2. The summed E-state index contributed by atoms with van der Waals surface area (Å²) in [5.74, 6) is 0.470. The average Bonchev–Trinajstić information content (AvgIpc) is 3.52. The summed E-state index contributed by atoms with van der Waals surface area (Å²) in [5.41, 5.74) is 0.255. The van der Waals surface area contributed by atoms with Crippen LogP contribution in [0.25, 0.3) is 0 Å². The topological polar surface area (TPSA) is 38.8 Å². The third-order valence-corrected chi connectivity index (χ3v) is 4.93. The van der Waals surface area contributed by atoms with Gasteiger partial charge in [-0.2, -0.15) is 13.2 Å². The molecular formula is C21H21ClF3NO3. The van der Waals surface area contributed by atoms with Crippen LogP contribution >= 0.6 is 11.6 Å². The lowest BCUT2D eigenvalue weighted by Gasteiger charge is -2.24. The summed E-state index contributed by atoms with van der Waals surface area (Å²) in [5, 5.41) is 0.264. The van der Waals surface area contributed by atoms with Crippen LogP contribution in [0.3, 0.4) is 0 Å². The van der Waals surface area contributed by atoms with E-state index in [0.717, 1.165) is 25.0 Å². The SMILES string of the molecule is CCOc1c(Cl)cc(C(=O)N(Cc2ccc(C(F)(F)F)cc2)C2CC2)cc1OC. The molecule has 0 bridgehead atoms. The number of alkyl halides is 3. The fourth-order valence-electron chi connectivity index (χ4n) is 3.04. The van der Waals surface area contributed by atoms with Crippen molar-refractivity contribution >= 4 is 17.5 Å². The summed E-state index contributed by atoms with van der Waals surface area (Å²) in [7, 11) is 1.46. The van der Waals surface area contributed by atoms with E-state index in [9.17, 15) is 18.0 Å². The van der Waals surface area contributed by atoms with Crippen LogP contribution in [0.1, 0.15) is 41.3 Å². The second-order valence-electron chi connectivity index (χ2n) is 6.78. The molecule has 0 aliphatic heterocycles. The van der Waals surface area contributed by atoms with Gasteiger partial charge in [0.15, 0.2) is 11.5 Å². The molecule has 0 saturated heterocycles. The van der Waals surface area contributed by atoms with Crippen LogP contribution < -0.4 is 9.47 Å². The first kappa shape index (κ1) is 21.3. The molecule has 0 aromatic heterocycles. The van der Waals surface area contributed by atoms with Gasteiger partial charge in [-0.25, -0.2) is 0 Å². The van der Waals surface area contributed by atoms with Crippen molar-refractivity contribution < 1.29 is 27.4 Å². The van der Waals surface area contributed by atoms with E-state index in [2.05, 4.69) is 0 Å². The van der Waals surface area contributed by atoms with E-state index in [4.69, 9.17) is 21.1 Å². The molecule has 1 saturated carbocycles. The molecular weight excluding hydrogens is 407 g/mol. The molecule has 0 heterocycles. The lowest BCUT2D eigenvalue weighted by molar-refractivity contribution is -0.137. The maximum atomic E-state index is 13.1. The molecule has 0 spiro atoms. The van der Waals surface area contributed by atoms with Gasteiger partial charge in [-0.15, -0.1) is 0 Å². The van der Waals surface area contributed by atoms with E-state index < -0.39 is 11.7 Å². The van der Waals surface area contributed by atoms with Gasteiger partial charge in [0.05, 0.1) is 24.3 Å². The van der Waals surface area contributed by atoms with E-state index in [1.165, 1.54) is 25.3 Å². The van der Waals surface area contributed by atoms with Crippen molar-refractivity contribution in [2.45, 2.75) is 38.5 Å². The number of hydrogen-bond donors (Lipinski definition) is 0. The summed E-state index contributed by atoms with van der Waals surface area (Å²) < 4.78 is 49.1. The van der Waals surface area contributed by atoms with Gasteiger partial charge in [0, 0.05) is 18.2 Å². The van der Waals surface area contributed by atoms with Crippen molar-refractivity contribution in [1.82, 2.24) is 4.90 Å². The summed E-state index contributed by atoms with van der Waals surface area (Å²) in [6.45, 7) is 2.42. The monoisotopic (exact) mass is 427 g/mol. The van der Waals surface area contributed by atoms with Crippen molar-refractivity contribution in [1.29, 1.82) is 0 Å². The number of carbonyl (C=O) groups is 1. The van der Waals surface area contributed by atoms with E-state index in [-0.39, 0.29) is 23.5 Å². The molecule has 0 unspecified atom stereocenters. The summed E-state index contributed by atoms with van der Waals surface area (Å²) in [6.07, 6.45) is -2.68. The van der Waals surface area contributed by atoms with Crippen LogP contribution in [0.4, 0.5) is 13.2 Å². The first-order valence-electron chi connectivity index (χ1n) is 9.22. The molecule has 3 rings (SSSR count). The van der Waals surface area contributed by atoms with Crippen molar-refractivity contribution in [3.63, 3.8) is 0 Å². The highest BCUT2D eigenvalue weighted by Gasteiger charge is 2.34. The van der Waals surface area contributed by atoms with Crippen LogP contribution in [0.2, 0.25) is 5.02 Å². The van der Waals surface area contributed by atoms with Gasteiger partial charge in [-0.1, -0.05) is 23.7 Å². The third-order valence-electron chi connectivity index (χ3n) is 4.65. The van der Waals surface area contributed by atoms with E-state index in [0.29, 0.717) is 29.2 Å². The number of carbonyl (C=O) groups excluding carboxylic acids is 1. The van der Waals surface area contributed by atoms with Crippen LogP contribution in [0, 0.1) is 0 Å². The number of halogens is 4. The largest absolute Gasteiger partial charge is 0.493 e. The number of amides is 1. The average molecular weight is 428 g/mol. The Morgan fingerprint density at radius 3 is 2.38 bits per heavy atom. The Morgan fingerprint density at radius 1 is 1.21 bits per heavy atom. The Kier molecular flexibility index (Phi) is 6.27. The van der Waals surface area contributed by atoms with E-state index >= 15 is 0 Å². The number of nitrogens with zero attached hydrogens (tertiary/aromatic N) is 1. The number of benzene rings is 2. The first-order valence-corrected chi connectivity index (χ1v) is 9.59. The highest BCUT2D eigenvalue weighted by molar-refractivity contribution is 6.32. The standard InChI is InChI=1S/C21H21ClF3NO3/c1-3-29-19-17(22)10-14(11-18(19)28-2)20(27)26(16-8-9-16)12-13-4-6-15(7-5-13)21(23,24)25/h4-7,10-11,16H,3,8-9,12H2,1-2H3. The van der Waals surface area contributed by atoms with E-state index in [1.807, 2.05) is 6.92 Å². The fraction of sp³-hybridized carbons (Fsp3) is 0.381. The number of hydrogen-bond acceptors (Lipinski definition) is 3. The van der Waals surface area contributed by atoms with Gasteiger partial charge < -0.3 is 14.4 Å². The predicted octanol–water partition coefficient (Wildman–Crippen LogP) is 5.57. The van der Waals surface area contributed by atoms with Gasteiger partial charge in [-0.05, 0) is 49.6 Å². The smallest absolute Gasteiger partial charge is 0.416 e. The Hall–Kier alpha value is -2.41. The maximum absolute atomic E-state index is 13.1. The molecule has 1 aliphatic carbocycles. The quantitative estimate of drug-likeness (QED) is 0.579. The Balaban J connectivity index is 1.84. The minimum atomic E-state index is -4.39. The van der Waals surface area contributed by atoms with Crippen LogP contribution in [-0.2, 0) is 12.7 Å². The van der Waals surface area contributed by atoms with Gasteiger partial charge in [0.2, 0.25) is 0 Å². The lowest BCUT2D eigenvalue weighted by Crippen LogP contribution is -2.32. The Morgan fingerprint density at radius 2 is 1.86 bits per heavy atom. The summed E-state index contributed by atoms with van der Waals surface area (Å²) in [6, 6.07) is 8.01. The van der Waals surface area contributed by atoms with Crippen molar-refractivity contribution in [2.24, 2.45) is 0 Å². The van der Waals surface area contributed by atoms with Crippen LogP contribution in [0.5, 0.6) is 11.5 Å². The molecule has 1 fully saturated rings. The van der Waals surface area contributed by atoms with Gasteiger partial charge >= 0.3 is 6.18 Å². The molecule has 156 valence electrons. The van der Waals surface area contributed by atoms with Crippen molar-refractivity contribution in [3.8, 4) is 11.5 Å². The van der Waals surface area contributed by atoms with Crippen molar-refractivity contribution in [2.75, 3.05) is 13.7 Å². The minimum absolute atomic E-state index is 0.0566. The predicted molar refractivity (Wildman–Crippen MR) is 104 cm³/mol. The minimum Gasteiger partial charge on any atom is -0.493 e. The summed E-state index contributed by atoms with van der Waals surface area (Å²) in [4.78, 5) is 14.8. The molecule has 0 N–H and O–H groups in total. The second kappa shape index (κ2) is 8.53. The molecule has 1 amide bonds. The molecule has 2 aromatic rings. The molecule has 2 aromatic carbocycles. The second-order valence-corrected chi connectivity index (χ2v) is 7.19. The molecule has 29 heavy (non-hydrogen) atoms. The van der Waals surface area contributed by atoms with Gasteiger partial charge in [0.25, 0.3) is 5.91 Å². The molecule has 0 radical (unpaired) electrons. The zero-order valence-corrected chi connectivity index (χ0v) is 16.8. The molecule has 8 heteroatoms. The van der Waals surface area contributed by atoms with Crippen LogP contribution in [0.15, 0.2) is 36.4 Å². The first-order chi connectivity index (χ1) is 13.7. The Labute approximate surface area is 172 Å². The van der Waals surface area contributed by atoms with Gasteiger partial charge in [-0.3, -0.25) is 4.79 Å². The molecule has 0 atom stereocenters. The number of methoxy groups -OCH3 is 1. The molecule has 4 nitrogen and oxygen atoms in total. The fourth-order valence-corrected chi connectivity index (χ4v) is 3.31. The highest BCUT2D eigenvalue weighted by Crippen LogP contribution is 2.38. The lowest BCUT2D eigenvalue weighted by atomic mass is 10.1. The zero-order chi connectivity index (χ0) is 21.2. The Bertz CT molecular complexity index is 880. The normalized spacial score (nSPS) is 13.9.